The van der Waals surface area contributed by atoms with Crippen LogP contribution in [0.3, 0.4) is 0 Å². The Morgan fingerprint density at radius 2 is 1.62 bits per heavy atom. The fourth-order valence-corrected chi connectivity index (χ4v) is 3.70. The van der Waals surface area contributed by atoms with Crippen LogP contribution in [0.25, 0.3) is 0 Å². The van der Waals surface area contributed by atoms with Crippen molar-refractivity contribution >= 4 is 0 Å². The molecule has 2 atom stereocenters. The molecule has 0 amide bonds. The maximum absolute atomic E-state index is 3.73. The first-order valence-electron chi connectivity index (χ1n) is 7.20. The summed E-state index contributed by atoms with van der Waals surface area (Å²) in [5.41, 5.74) is 0.529. The molecule has 0 aromatic carbocycles. The second kappa shape index (κ2) is 4.68. The summed E-state index contributed by atoms with van der Waals surface area (Å²) >= 11 is 0. The first-order chi connectivity index (χ1) is 7.47. The molecule has 1 saturated heterocycles. The lowest BCUT2D eigenvalue weighted by Crippen LogP contribution is -2.35. The van der Waals surface area contributed by atoms with E-state index in [0.29, 0.717) is 5.41 Å². The summed E-state index contributed by atoms with van der Waals surface area (Å²) in [5.74, 6) is 2.84. The smallest absolute Gasteiger partial charge is 0.00984 e. The molecule has 0 aromatic rings. The van der Waals surface area contributed by atoms with Gasteiger partial charge in [-0.05, 0) is 61.8 Å². The third-order valence-corrected chi connectivity index (χ3v) is 4.95. The van der Waals surface area contributed by atoms with Crippen LogP contribution in [0, 0.1) is 23.2 Å². The highest BCUT2D eigenvalue weighted by Crippen LogP contribution is 2.41. The average molecular weight is 223 g/mol. The molecule has 1 saturated carbocycles. The third-order valence-electron chi connectivity index (χ3n) is 4.95. The van der Waals surface area contributed by atoms with Crippen LogP contribution in [0.4, 0.5) is 0 Å². The van der Waals surface area contributed by atoms with Crippen LogP contribution >= 0.6 is 0 Å². The standard InChI is InChI=1S/C15H29N/c1-11-9-14(16-10-11)12-5-7-13(8-6-12)15(2,3)4/h11-14,16H,5-10H2,1-4H3. The van der Waals surface area contributed by atoms with Crippen molar-refractivity contribution < 1.29 is 0 Å². The highest BCUT2D eigenvalue weighted by Gasteiger charge is 2.34. The number of rotatable bonds is 1. The van der Waals surface area contributed by atoms with E-state index in [4.69, 9.17) is 0 Å². The summed E-state index contributed by atoms with van der Waals surface area (Å²) in [6.45, 7) is 10.9. The topological polar surface area (TPSA) is 12.0 Å². The Bertz CT molecular complexity index is 220. The lowest BCUT2D eigenvalue weighted by molar-refractivity contribution is 0.135. The molecule has 1 N–H and O–H groups in total. The molecule has 1 aliphatic heterocycles. The number of nitrogens with one attached hydrogen (secondary N) is 1. The van der Waals surface area contributed by atoms with Crippen molar-refractivity contribution in [2.45, 2.75) is 65.8 Å². The zero-order chi connectivity index (χ0) is 11.8. The molecule has 16 heavy (non-hydrogen) atoms. The van der Waals surface area contributed by atoms with Gasteiger partial charge >= 0.3 is 0 Å². The second-order valence-electron chi connectivity index (χ2n) is 7.33. The van der Waals surface area contributed by atoms with Gasteiger partial charge in [-0.15, -0.1) is 0 Å². The number of hydrogen-bond acceptors (Lipinski definition) is 1. The van der Waals surface area contributed by atoms with E-state index in [-0.39, 0.29) is 0 Å². The van der Waals surface area contributed by atoms with E-state index in [1.54, 1.807) is 0 Å². The second-order valence-corrected chi connectivity index (χ2v) is 7.33. The predicted octanol–water partition coefficient (Wildman–Crippen LogP) is 3.84. The Hall–Kier alpha value is -0.0400. The molecule has 1 heterocycles. The van der Waals surface area contributed by atoms with E-state index in [1.165, 1.54) is 38.6 Å². The van der Waals surface area contributed by atoms with Gasteiger partial charge in [-0.25, -0.2) is 0 Å². The van der Waals surface area contributed by atoms with Gasteiger partial charge in [0.15, 0.2) is 0 Å². The van der Waals surface area contributed by atoms with Gasteiger partial charge in [-0.3, -0.25) is 0 Å². The summed E-state index contributed by atoms with van der Waals surface area (Å²) in [4.78, 5) is 0. The average Bonchev–Trinajstić information content (AvgIpc) is 2.64. The first-order valence-corrected chi connectivity index (χ1v) is 7.20. The van der Waals surface area contributed by atoms with Crippen LogP contribution in [-0.4, -0.2) is 12.6 Å². The molecule has 2 unspecified atom stereocenters. The fourth-order valence-electron chi connectivity index (χ4n) is 3.70. The van der Waals surface area contributed by atoms with Crippen LogP contribution in [0.2, 0.25) is 0 Å². The minimum absolute atomic E-state index is 0.529. The van der Waals surface area contributed by atoms with E-state index in [0.717, 1.165) is 23.8 Å². The normalized spacial score (nSPS) is 41.2. The SMILES string of the molecule is CC1CNC(C2CCC(C(C)(C)C)CC2)C1. The van der Waals surface area contributed by atoms with Crippen molar-refractivity contribution in [1.82, 2.24) is 5.32 Å². The lowest BCUT2D eigenvalue weighted by atomic mass is 9.68. The molecule has 94 valence electrons. The Morgan fingerprint density at radius 3 is 2.06 bits per heavy atom. The minimum Gasteiger partial charge on any atom is -0.313 e. The van der Waals surface area contributed by atoms with E-state index >= 15 is 0 Å². The van der Waals surface area contributed by atoms with Crippen LogP contribution in [0.5, 0.6) is 0 Å². The lowest BCUT2D eigenvalue weighted by Gasteiger charge is -2.38. The molecule has 1 aliphatic carbocycles. The Kier molecular flexibility index (Phi) is 3.63. The first kappa shape index (κ1) is 12.4. The molecule has 0 bridgehead atoms. The van der Waals surface area contributed by atoms with Crippen LogP contribution in [-0.2, 0) is 0 Å². The van der Waals surface area contributed by atoms with Crippen LogP contribution < -0.4 is 5.32 Å². The summed E-state index contributed by atoms with van der Waals surface area (Å²) in [6, 6.07) is 0.843. The largest absolute Gasteiger partial charge is 0.313 e. The highest BCUT2D eigenvalue weighted by molar-refractivity contribution is 4.89. The van der Waals surface area contributed by atoms with Crippen molar-refractivity contribution in [3.05, 3.63) is 0 Å². The number of hydrogen-bond donors (Lipinski definition) is 1. The molecule has 2 aliphatic rings. The zero-order valence-corrected chi connectivity index (χ0v) is 11.6. The fraction of sp³-hybridized carbons (Fsp3) is 1.00. The summed E-state index contributed by atoms with van der Waals surface area (Å²) < 4.78 is 0. The van der Waals surface area contributed by atoms with Crippen LogP contribution in [0.15, 0.2) is 0 Å². The van der Waals surface area contributed by atoms with Gasteiger partial charge < -0.3 is 5.32 Å². The molecular weight excluding hydrogens is 194 g/mol. The minimum atomic E-state index is 0.529. The Morgan fingerprint density at radius 1 is 1.00 bits per heavy atom. The summed E-state index contributed by atoms with van der Waals surface area (Å²) in [5, 5.41) is 3.73. The van der Waals surface area contributed by atoms with Gasteiger partial charge in [-0.2, -0.15) is 0 Å². The molecule has 1 nitrogen and oxygen atoms in total. The summed E-state index contributed by atoms with van der Waals surface area (Å²) in [7, 11) is 0. The van der Waals surface area contributed by atoms with Crippen molar-refractivity contribution in [1.29, 1.82) is 0 Å². The van der Waals surface area contributed by atoms with Crippen molar-refractivity contribution in [3.63, 3.8) is 0 Å². The van der Waals surface area contributed by atoms with E-state index in [9.17, 15) is 0 Å². The van der Waals surface area contributed by atoms with E-state index in [2.05, 4.69) is 33.0 Å². The highest BCUT2D eigenvalue weighted by atomic mass is 15.0. The molecule has 0 radical (unpaired) electrons. The molecular formula is C15H29N. The monoisotopic (exact) mass is 223 g/mol. The van der Waals surface area contributed by atoms with Gasteiger partial charge in [0.1, 0.15) is 0 Å². The van der Waals surface area contributed by atoms with Gasteiger partial charge in [0, 0.05) is 6.04 Å². The molecule has 2 rings (SSSR count). The zero-order valence-electron chi connectivity index (χ0n) is 11.6. The predicted molar refractivity (Wildman–Crippen MR) is 70.5 cm³/mol. The van der Waals surface area contributed by atoms with Gasteiger partial charge in [0.05, 0.1) is 0 Å². The van der Waals surface area contributed by atoms with E-state index in [1.807, 2.05) is 0 Å². The third kappa shape index (κ3) is 2.80. The quantitative estimate of drug-likeness (QED) is 0.712. The van der Waals surface area contributed by atoms with Gasteiger partial charge in [0.2, 0.25) is 0 Å². The molecule has 0 aromatic heterocycles. The Balaban J connectivity index is 1.81. The van der Waals surface area contributed by atoms with Gasteiger partial charge in [-0.1, -0.05) is 27.7 Å². The Labute approximate surface area is 101 Å². The maximum atomic E-state index is 3.73. The molecule has 0 spiro atoms. The van der Waals surface area contributed by atoms with Crippen molar-refractivity contribution in [3.8, 4) is 0 Å². The molecule has 2 fully saturated rings. The molecule has 1 heteroatoms. The van der Waals surface area contributed by atoms with Crippen molar-refractivity contribution in [2.24, 2.45) is 23.2 Å². The van der Waals surface area contributed by atoms with E-state index < -0.39 is 0 Å². The summed E-state index contributed by atoms with van der Waals surface area (Å²) in [6.07, 6.45) is 7.27. The van der Waals surface area contributed by atoms with Crippen LogP contribution in [0.1, 0.15) is 59.8 Å². The van der Waals surface area contributed by atoms with Gasteiger partial charge in [0.25, 0.3) is 0 Å². The van der Waals surface area contributed by atoms with Crippen molar-refractivity contribution in [2.75, 3.05) is 6.54 Å². The maximum Gasteiger partial charge on any atom is 0.00984 e.